The second kappa shape index (κ2) is 9.20. The van der Waals surface area contributed by atoms with Crippen molar-refractivity contribution in [2.75, 3.05) is 5.32 Å². The Labute approximate surface area is 197 Å². The van der Waals surface area contributed by atoms with Gasteiger partial charge >= 0.3 is 0 Å². The standard InChI is InChI=1S/C22H19Br2N3O3S/c23-20-2-1-3-21(24)19(20)13-26-31(29,30)16-6-4-15(5-7-16)27-22(28)18-12-17(18)14-8-10-25-11-9-14/h1-11,17-18,26H,12-13H2,(H,27,28). The number of benzene rings is 2. The van der Waals surface area contributed by atoms with Gasteiger partial charge in [-0.3, -0.25) is 9.78 Å². The summed E-state index contributed by atoms with van der Waals surface area (Å²) in [6.07, 6.45) is 4.26. The Morgan fingerprint density at radius 1 is 1.00 bits per heavy atom. The highest BCUT2D eigenvalue weighted by molar-refractivity contribution is 9.11. The van der Waals surface area contributed by atoms with Gasteiger partial charge in [0.1, 0.15) is 0 Å². The van der Waals surface area contributed by atoms with Gasteiger partial charge in [0.15, 0.2) is 0 Å². The summed E-state index contributed by atoms with van der Waals surface area (Å²) in [7, 11) is -3.70. The number of carbonyl (C=O) groups is 1. The summed E-state index contributed by atoms with van der Waals surface area (Å²) < 4.78 is 29.5. The number of aromatic nitrogens is 1. The minimum Gasteiger partial charge on any atom is -0.326 e. The number of rotatable bonds is 7. The van der Waals surface area contributed by atoms with Crippen molar-refractivity contribution in [3.05, 3.63) is 87.1 Å². The normalized spacial score (nSPS) is 17.9. The van der Waals surface area contributed by atoms with Gasteiger partial charge in [0, 0.05) is 39.5 Å². The summed E-state index contributed by atoms with van der Waals surface area (Å²) in [5, 5.41) is 2.87. The molecule has 0 spiro atoms. The molecule has 0 bridgehead atoms. The number of hydrogen-bond donors (Lipinski definition) is 2. The van der Waals surface area contributed by atoms with Crippen LogP contribution in [0.5, 0.6) is 0 Å². The third-order valence-electron chi connectivity index (χ3n) is 5.19. The maximum Gasteiger partial charge on any atom is 0.240 e. The molecule has 0 radical (unpaired) electrons. The van der Waals surface area contributed by atoms with Crippen molar-refractivity contribution in [2.45, 2.75) is 23.8 Å². The van der Waals surface area contributed by atoms with Crippen LogP contribution in [0.25, 0.3) is 0 Å². The van der Waals surface area contributed by atoms with Crippen LogP contribution in [0.1, 0.15) is 23.5 Å². The zero-order valence-corrected chi connectivity index (χ0v) is 20.2. The van der Waals surface area contributed by atoms with Crippen molar-refractivity contribution < 1.29 is 13.2 Å². The molecule has 2 unspecified atom stereocenters. The van der Waals surface area contributed by atoms with Gasteiger partial charge in [-0.15, -0.1) is 0 Å². The molecule has 2 aromatic carbocycles. The van der Waals surface area contributed by atoms with Crippen LogP contribution in [-0.4, -0.2) is 19.3 Å². The topological polar surface area (TPSA) is 88.2 Å². The van der Waals surface area contributed by atoms with Gasteiger partial charge in [-0.05, 0) is 72.0 Å². The van der Waals surface area contributed by atoms with E-state index in [4.69, 9.17) is 0 Å². The fraction of sp³-hybridized carbons (Fsp3) is 0.182. The number of hydrogen-bond acceptors (Lipinski definition) is 4. The van der Waals surface area contributed by atoms with Gasteiger partial charge in [0.05, 0.1) is 4.90 Å². The van der Waals surface area contributed by atoms with Crippen molar-refractivity contribution in [3.8, 4) is 0 Å². The third-order valence-corrected chi connectivity index (χ3v) is 8.10. The summed E-state index contributed by atoms with van der Waals surface area (Å²) in [6.45, 7) is 0.140. The number of nitrogens with zero attached hydrogens (tertiary/aromatic N) is 1. The Bertz CT molecular complexity index is 1180. The molecule has 9 heteroatoms. The largest absolute Gasteiger partial charge is 0.326 e. The first-order chi connectivity index (χ1) is 14.8. The average Bonchev–Trinajstić information content (AvgIpc) is 3.56. The molecule has 1 saturated carbocycles. The third kappa shape index (κ3) is 5.23. The lowest BCUT2D eigenvalue weighted by atomic mass is 10.1. The molecule has 1 aliphatic carbocycles. The summed E-state index contributed by atoms with van der Waals surface area (Å²) in [4.78, 5) is 16.6. The smallest absolute Gasteiger partial charge is 0.240 e. The van der Waals surface area contributed by atoms with E-state index in [0.717, 1.165) is 26.5 Å². The highest BCUT2D eigenvalue weighted by atomic mass is 79.9. The maximum atomic E-state index is 12.6. The molecule has 1 heterocycles. The molecule has 4 rings (SSSR count). The lowest BCUT2D eigenvalue weighted by molar-refractivity contribution is -0.117. The maximum absolute atomic E-state index is 12.6. The van der Waals surface area contributed by atoms with E-state index < -0.39 is 10.0 Å². The molecular formula is C22H19Br2N3O3S. The molecule has 1 fully saturated rings. The van der Waals surface area contributed by atoms with Gasteiger partial charge in [-0.2, -0.15) is 0 Å². The van der Waals surface area contributed by atoms with Gasteiger partial charge in [0.2, 0.25) is 15.9 Å². The molecule has 2 atom stereocenters. The number of nitrogens with one attached hydrogen (secondary N) is 2. The summed E-state index contributed by atoms with van der Waals surface area (Å²) in [6, 6.07) is 15.6. The first kappa shape index (κ1) is 22.1. The Balaban J connectivity index is 1.37. The molecule has 0 saturated heterocycles. The van der Waals surface area contributed by atoms with Crippen LogP contribution < -0.4 is 10.0 Å². The molecule has 3 aromatic rings. The first-order valence-electron chi connectivity index (χ1n) is 9.58. The van der Waals surface area contributed by atoms with Crippen LogP contribution in [0, 0.1) is 5.92 Å². The highest BCUT2D eigenvalue weighted by Crippen LogP contribution is 2.47. The Kier molecular flexibility index (Phi) is 6.57. The summed E-state index contributed by atoms with van der Waals surface area (Å²) >= 11 is 6.86. The SMILES string of the molecule is O=C(Nc1ccc(S(=O)(=O)NCc2c(Br)cccc2Br)cc1)C1CC1c1ccncc1. The predicted molar refractivity (Wildman–Crippen MR) is 126 cm³/mol. The van der Waals surface area contributed by atoms with E-state index in [1.54, 1.807) is 24.5 Å². The minimum absolute atomic E-state index is 0.0608. The van der Waals surface area contributed by atoms with E-state index in [1.807, 2.05) is 30.3 Å². The fourth-order valence-electron chi connectivity index (χ4n) is 3.37. The zero-order valence-electron chi connectivity index (χ0n) is 16.3. The summed E-state index contributed by atoms with van der Waals surface area (Å²) in [5.74, 6) is 0.0769. The predicted octanol–water partition coefficient (Wildman–Crippen LogP) is 4.83. The van der Waals surface area contributed by atoms with Crippen LogP contribution in [0.3, 0.4) is 0 Å². The minimum atomic E-state index is -3.70. The Hall–Kier alpha value is -2.07. The van der Waals surface area contributed by atoms with E-state index in [0.29, 0.717) is 5.69 Å². The van der Waals surface area contributed by atoms with Crippen molar-refractivity contribution >= 4 is 53.5 Å². The van der Waals surface area contributed by atoms with E-state index in [2.05, 4.69) is 46.9 Å². The van der Waals surface area contributed by atoms with Crippen LogP contribution in [-0.2, 0) is 21.4 Å². The molecule has 1 aliphatic rings. The fourth-order valence-corrected chi connectivity index (χ4v) is 5.64. The molecule has 2 N–H and O–H groups in total. The molecule has 1 aromatic heterocycles. The lowest BCUT2D eigenvalue weighted by Gasteiger charge is -2.11. The van der Waals surface area contributed by atoms with E-state index in [1.165, 1.54) is 12.1 Å². The zero-order chi connectivity index (χ0) is 22.0. The van der Waals surface area contributed by atoms with Crippen LogP contribution in [0.2, 0.25) is 0 Å². The second-order valence-corrected chi connectivity index (χ2v) is 10.7. The molecule has 160 valence electrons. The summed E-state index contributed by atoms with van der Waals surface area (Å²) in [5.41, 5.74) is 2.49. The number of sulfonamides is 1. The number of anilines is 1. The molecule has 0 aliphatic heterocycles. The van der Waals surface area contributed by atoms with Crippen LogP contribution in [0.4, 0.5) is 5.69 Å². The monoisotopic (exact) mass is 563 g/mol. The van der Waals surface area contributed by atoms with E-state index >= 15 is 0 Å². The van der Waals surface area contributed by atoms with Crippen molar-refractivity contribution in [2.24, 2.45) is 5.92 Å². The number of amides is 1. The Morgan fingerprint density at radius 2 is 1.65 bits per heavy atom. The number of pyridine rings is 1. The quantitative estimate of drug-likeness (QED) is 0.430. The van der Waals surface area contributed by atoms with Crippen molar-refractivity contribution in [3.63, 3.8) is 0 Å². The van der Waals surface area contributed by atoms with E-state index in [9.17, 15) is 13.2 Å². The van der Waals surface area contributed by atoms with Gasteiger partial charge in [-0.1, -0.05) is 37.9 Å². The lowest BCUT2D eigenvalue weighted by Crippen LogP contribution is -2.23. The molecule has 31 heavy (non-hydrogen) atoms. The molecule has 6 nitrogen and oxygen atoms in total. The highest BCUT2D eigenvalue weighted by Gasteiger charge is 2.43. The van der Waals surface area contributed by atoms with Crippen LogP contribution in [0.15, 0.2) is 80.8 Å². The molecular weight excluding hydrogens is 546 g/mol. The van der Waals surface area contributed by atoms with Gasteiger partial charge < -0.3 is 5.32 Å². The van der Waals surface area contributed by atoms with Crippen molar-refractivity contribution in [1.29, 1.82) is 0 Å². The van der Waals surface area contributed by atoms with Gasteiger partial charge in [-0.25, -0.2) is 13.1 Å². The van der Waals surface area contributed by atoms with Gasteiger partial charge in [0.25, 0.3) is 0 Å². The average molecular weight is 565 g/mol. The van der Waals surface area contributed by atoms with Crippen LogP contribution >= 0.6 is 31.9 Å². The Morgan fingerprint density at radius 3 is 2.29 bits per heavy atom. The van der Waals surface area contributed by atoms with E-state index in [-0.39, 0.29) is 29.2 Å². The second-order valence-electron chi connectivity index (χ2n) is 7.27. The number of carbonyl (C=O) groups excluding carboxylic acids is 1. The molecule has 1 amide bonds. The number of halogens is 2. The first-order valence-corrected chi connectivity index (χ1v) is 12.7. The van der Waals surface area contributed by atoms with Crippen molar-refractivity contribution in [1.82, 2.24) is 9.71 Å².